The summed E-state index contributed by atoms with van der Waals surface area (Å²) in [6.45, 7) is 1.80. The van der Waals surface area contributed by atoms with Crippen LogP contribution in [0.5, 0.6) is 0 Å². The fourth-order valence-corrected chi connectivity index (χ4v) is 3.25. The Labute approximate surface area is 185 Å². The van der Waals surface area contributed by atoms with E-state index in [1.54, 1.807) is 24.3 Å². The summed E-state index contributed by atoms with van der Waals surface area (Å²) in [5.41, 5.74) is 2.81. The van der Waals surface area contributed by atoms with Gasteiger partial charge in [0.2, 0.25) is 11.8 Å². The van der Waals surface area contributed by atoms with E-state index in [0.29, 0.717) is 24.4 Å². The Morgan fingerprint density at radius 1 is 1.00 bits per heavy atom. The molecule has 4 N–H and O–H groups in total. The van der Waals surface area contributed by atoms with Crippen molar-refractivity contribution >= 4 is 40.2 Å². The molecule has 1 unspecified atom stereocenters. The van der Waals surface area contributed by atoms with Gasteiger partial charge in [-0.25, -0.2) is 4.79 Å². The third kappa shape index (κ3) is 6.32. The lowest BCUT2D eigenvalue weighted by Gasteiger charge is -2.18. The number of carbonyl (C=O) groups is 3. The summed E-state index contributed by atoms with van der Waals surface area (Å²) in [5.74, 6) is -0.676. The third-order valence-electron chi connectivity index (χ3n) is 4.69. The van der Waals surface area contributed by atoms with Crippen LogP contribution in [0, 0.1) is 0 Å². The monoisotopic (exact) mass is 438 g/mol. The van der Waals surface area contributed by atoms with Gasteiger partial charge in [-0.15, -0.1) is 0 Å². The molecule has 0 bridgehead atoms. The van der Waals surface area contributed by atoms with Gasteiger partial charge < -0.3 is 25.1 Å². The molecule has 168 valence electrons. The lowest BCUT2D eigenvalue weighted by molar-refractivity contribution is -0.125. The number of amides is 3. The van der Waals surface area contributed by atoms with E-state index >= 15 is 0 Å². The van der Waals surface area contributed by atoms with Gasteiger partial charge in [-0.2, -0.15) is 0 Å². The van der Waals surface area contributed by atoms with Gasteiger partial charge >= 0.3 is 6.09 Å². The molecule has 1 aromatic heterocycles. The second-order valence-corrected chi connectivity index (χ2v) is 7.14. The van der Waals surface area contributed by atoms with Gasteiger partial charge in [-0.1, -0.05) is 24.3 Å². The molecule has 3 amide bonds. The maximum atomic E-state index is 13.0. The van der Waals surface area contributed by atoms with Gasteiger partial charge in [0.15, 0.2) is 0 Å². The Bertz CT molecular complexity index is 1090. The lowest BCUT2D eigenvalue weighted by Crippen LogP contribution is -2.44. The molecule has 1 atom stereocenters. The molecule has 0 aliphatic heterocycles. The van der Waals surface area contributed by atoms with Crippen molar-refractivity contribution in [2.75, 3.05) is 31.0 Å². The zero-order chi connectivity index (χ0) is 22.9. The number of hydrogen-bond donors (Lipinski definition) is 4. The summed E-state index contributed by atoms with van der Waals surface area (Å²) in [6, 6.07) is 13.6. The minimum Gasteiger partial charge on any atom is -0.447 e. The smallest absolute Gasteiger partial charge is 0.411 e. The van der Waals surface area contributed by atoms with Crippen molar-refractivity contribution in [2.45, 2.75) is 19.4 Å². The molecular weight excluding hydrogens is 412 g/mol. The minimum atomic E-state index is -0.776. The fourth-order valence-electron chi connectivity index (χ4n) is 3.25. The zero-order valence-electron chi connectivity index (χ0n) is 17.9. The molecule has 0 saturated heterocycles. The highest BCUT2D eigenvalue weighted by Gasteiger charge is 2.22. The first-order chi connectivity index (χ1) is 15.5. The number of fused-ring (bicyclic) bond motifs is 1. The average Bonchev–Trinajstić information content (AvgIpc) is 3.16. The van der Waals surface area contributed by atoms with Crippen LogP contribution < -0.4 is 16.0 Å². The van der Waals surface area contributed by atoms with Crippen LogP contribution in [0.4, 0.5) is 16.2 Å². The molecule has 3 aromatic rings. The van der Waals surface area contributed by atoms with E-state index in [1.807, 2.05) is 30.5 Å². The number of carbonyl (C=O) groups excluding carboxylic acids is 3. The van der Waals surface area contributed by atoms with Crippen molar-refractivity contribution in [3.63, 3.8) is 0 Å². The van der Waals surface area contributed by atoms with Crippen LogP contribution in [0.15, 0.2) is 54.7 Å². The number of benzene rings is 2. The van der Waals surface area contributed by atoms with Crippen LogP contribution in [0.3, 0.4) is 0 Å². The van der Waals surface area contributed by atoms with Gasteiger partial charge in [-0.3, -0.25) is 14.9 Å². The number of ether oxygens (including phenoxy) is 2. The van der Waals surface area contributed by atoms with Crippen LogP contribution >= 0.6 is 0 Å². The summed E-state index contributed by atoms with van der Waals surface area (Å²) in [6.07, 6.45) is 1.53. The summed E-state index contributed by atoms with van der Waals surface area (Å²) < 4.78 is 9.80. The Morgan fingerprint density at radius 3 is 2.50 bits per heavy atom. The zero-order valence-corrected chi connectivity index (χ0v) is 17.9. The van der Waals surface area contributed by atoms with E-state index in [-0.39, 0.29) is 18.4 Å². The first kappa shape index (κ1) is 22.8. The molecule has 9 heteroatoms. The van der Waals surface area contributed by atoms with Gasteiger partial charge in [0.05, 0.1) is 6.61 Å². The van der Waals surface area contributed by atoms with Gasteiger partial charge in [0, 0.05) is 48.9 Å². The molecule has 0 saturated carbocycles. The maximum Gasteiger partial charge on any atom is 0.411 e. The molecule has 9 nitrogen and oxygen atoms in total. The molecule has 0 radical (unpaired) electrons. The molecule has 0 aliphatic rings. The Morgan fingerprint density at radius 2 is 1.75 bits per heavy atom. The number of anilines is 2. The van der Waals surface area contributed by atoms with Gasteiger partial charge in [-0.05, 0) is 29.8 Å². The number of hydrogen-bond acceptors (Lipinski definition) is 5. The molecule has 3 rings (SSSR count). The Balaban J connectivity index is 1.68. The number of aromatic nitrogens is 1. The van der Waals surface area contributed by atoms with Crippen LogP contribution in [0.2, 0.25) is 0 Å². The minimum absolute atomic E-state index is 0.130. The van der Waals surface area contributed by atoms with Crippen molar-refractivity contribution in [1.82, 2.24) is 10.3 Å². The molecule has 0 fully saturated rings. The topological polar surface area (TPSA) is 122 Å². The van der Waals surface area contributed by atoms with Crippen molar-refractivity contribution in [2.24, 2.45) is 0 Å². The average molecular weight is 438 g/mol. The highest BCUT2D eigenvalue weighted by atomic mass is 16.6. The molecule has 0 spiro atoms. The Kier molecular flexibility index (Phi) is 7.82. The third-order valence-corrected chi connectivity index (χ3v) is 4.69. The van der Waals surface area contributed by atoms with Gasteiger partial charge in [0.25, 0.3) is 0 Å². The van der Waals surface area contributed by atoms with Crippen LogP contribution in [-0.4, -0.2) is 49.3 Å². The molecule has 2 aromatic carbocycles. The largest absolute Gasteiger partial charge is 0.447 e. The van der Waals surface area contributed by atoms with E-state index in [4.69, 9.17) is 9.47 Å². The van der Waals surface area contributed by atoms with Crippen molar-refractivity contribution in [1.29, 1.82) is 0 Å². The predicted molar refractivity (Wildman–Crippen MR) is 122 cm³/mol. The number of para-hydroxylation sites is 1. The fraction of sp³-hybridized carbons (Fsp3) is 0.261. The summed E-state index contributed by atoms with van der Waals surface area (Å²) in [4.78, 5) is 39.7. The van der Waals surface area contributed by atoms with Crippen molar-refractivity contribution < 1.29 is 23.9 Å². The Hall–Kier alpha value is -3.85. The van der Waals surface area contributed by atoms with E-state index < -0.39 is 12.1 Å². The number of methoxy groups -OCH3 is 1. The maximum absolute atomic E-state index is 13.0. The van der Waals surface area contributed by atoms with Crippen LogP contribution in [-0.2, 0) is 25.5 Å². The molecular formula is C23H26N4O5. The first-order valence-electron chi connectivity index (χ1n) is 10.1. The van der Waals surface area contributed by atoms with E-state index in [9.17, 15) is 14.4 Å². The number of rotatable bonds is 9. The number of aromatic amines is 1. The van der Waals surface area contributed by atoms with Crippen LogP contribution in [0.25, 0.3) is 10.9 Å². The summed E-state index contributed by atoms with van der Waals surface area (Å²) in [7, 11) is 1.51. The van der Waals surface area contributed by atoms with Crippen LogP contribution in [0.1, 0.15) is 12.5 Å². The molecule has 32 heavy (non-hydrogen) atoms. The number of H-pyrrole nitrogens is 1. The molecule has 1 heterocycles. The first-order valence-corrected chi connectivity index (χ1v) is 10.1. The highest BCUT2D eigenvalue weighted by molar-refractivity contribution is 5.98. The van der Waals surface area contributed by atoms with E-state index in [0.717, 1.165) is 16.5 Å². The molecule has 0 aliphatic carbocycles. The number of nitrogens with one attached hydrogen (secondary N) is 4. The van der Waals surface area contributed by atoms with Gasteiger partial charge in [0.1, 0.15) is 12.6 Å². The van der Waals surface area contributed by atoms with Crippen molar-refractivity contribution in [3.8, 4) is 0 Å². The normalized spacial score (nSPS) is 11.6. The van der Waals surface area contributed by atoms with Crippen molar-refractivity contribution in [3.05, 3.63) is 60.3 Å². The second-order valence-electron chi connectivity index (χ2n) is 7.14. The second kappa shape index (κ2) is 11.0. The standard InChI is InChI=1S/C23H26N4O5/c1-15(28)25-21(12-16-14-24-20-9-4-3-8-19(16)20)22(29)26-17-6-5-7-18(13-17)27-23(30)32-11-10-31-2/h3-9,13-14,21,24H,10-12H2,1-2H3,(H,25,28)(H,26,29)(H,27,30). The summed E-state index contributed by atoms with van der Waals surface area (Å²) in [5, 5.41) is 9.09. The summed E-state index contributed by atoms with van der Waals surface area (Å²) >= 11 is 0. The SMILES string of the molecule is COCCOC(=O)Nc1cccc(NC(=O)C(Cc2c[nH]c3ccccc23)NC(C)=O)c1. The lowest BCUT2D eigenvalue weighted by atomic mass is 10.0. The van der Waals surface area contributed by atoms with E-state index in [2.05, 4.69) is 20.9 Å². The van der Waals surface area contributed by atoms with E-state index in [1.165, 1.54) is 14.0 Å². The predicted octanol–water partition coefficient (Wildman–Crippen LogP) is 3.05. The quantitative estimate of drug-likeness (QED) is 0.383. The highest BCUT2D eigenvalue weighted by Crippen LogP contribution is 2.20.